The second-order valence-electron chi connectivity index (χ2n) is 10.5. The molecule has 4 atom stereocenters. The Morgan fingerprint density at radius 3 is 2.11 bits per heavy atom. The van der Waals surface area contributed by atoms with Crippen molar-refractivity contribution in [2.24, 2.45) is 17.2 Å². The lowest BCUT2D eigenvalue weighted by molar-refractivity contribution is -0.142. The van der Waals surface area contributed by atoms with Crippen LogP contribution in [-0.2, 0) is 36.8 Å². The van der Waals surface area contributed by atoms with Gasteiger partial charge >= 0.3 is 5.97 Å². The number of hydrogen-bond donors (Lipinski definition) is 9. The summed E-state index contributed by atoms with van der Waals surface area (Å²) in [5.74, 6) is -4.64. The average molecular weight is 610 g/mol. The molecule has 0 aliphatic heterocycles. The van der Waals surface area contributed by atoms with Crippen LogP contribution in [0.3, 0.4) is 0 Å². The molecule has 3 rings (SSSR count). The quantitative estimate of drug-likeness (QED) is 0.0895. The fraction of sp³-hybridized carbons (Fsp3) is 0.367. The molecule has 4 unspecified atom stereocenters. The van der Waals surface area contributed by atoms with Crippen molar-refractivity contribution >= 4 is 40.5 Å². The number of fused-ring (bicyclic) bond motifs is 1. The number of amides is 4. The minimum atomic E-state index is -1.54. The lowest BCUT2D eigenvalue weighted by Crippen LogP contribution is -2.58. The zero-order valence-corrected chi connectivity index (χ0v) is 24.1. The molecule has 0 saturated carbocycles. The van der Waals surface area contributed by atoms with E-state index < -0.39 is 60.2 Å². The molecule has 0 bridgehead atoms. The number of hydrogen-bond acceptors (Lipinski definition) is 8. The second kappa shape index (κ2) is 16.0. The molecule has 14 heteroatoms. The normalized spacial score (nSPS) is 13.8. The maximum atomic E-state index is 13.6. The van der Waals surface area contributed by atoms with E-state index in [9.17, 15) is 34.2 Å². The van der Waals surface area contributed by atoms with Gasteiger partial charge in [-0.05, 0) is 48.7 Å². The molecular weight excluding hydrogens is 570 g/mol. The van der Waals surface area contributed by atoms with Crippen LogP contribution in [0.1, 0.15) is 36.8 Å². The first kappa shape index (κ1) is 33.6. The lowest BCUT2D eigenvalue weighted by atomic mass is 10.0. The number of phenolic OH excluding ortho intramolecular Hbond substituents is 1. The highest BCUT2D eigenvalue weighted by atomic mass is 16.4. The number of rotatable bonds is 17. The van der Waals surface area contributed by atoms with E-state index in [0.29, 0.717) is 36.9 Å². The maximum Gasteiger partial charge on any atom is 0.326 e. The van der Waals surface area contributed by atoms with E-state index in [1.165, 1.54) is 24.3 Å². The number of carbonyl (C=O) groups excluding carboxylic acids is 4. The smallest absolute Gasteiger partial charge is 0.326 e. The molecule has 44 heavy (non-hydrogen) atoms. The van der Waals surface area contributed by atoms with Crippen molar-refractivity contribution in [1.82, 2.24) is 20.9 Å². The number of primary amides is 1. The largest absolute Gasteiger partial charge is 0.508 e. The molecule has 0 radical (unpaired) electrons. The summed E-state index contributed by atoms with van der Waals surface area (Å²) in [5, 5.41) is 27.5. The van der Waals surface area contributed by atoms with E-state index in [0.717, 1.165) is 10.9 Å². The lowest BCUT2D eigenvalue weighted by Gasteiger charge is -2.25. The molecule has 14 nitrogen and oxygen atoms in total. The molecule has 3 aromatic rings. The van der Waals surface area contributed by atoms with Crippen LogP contribution in [0.5, 0.6) is 5.75 Å². The molecule has 0 aliphatic rings. The standard InChI is InChI=1S/C30H39N7O7/c31-12-4-3-6-21(32)27(40)35-23(14-18-16-34-22-7-2-1-5-20(18)22)28(41)36-24(15-26(33)39)29(42)37-25(30(43)44)13-17-8-10-19(38)11-9-17/h1-2,5,7-11,16,21,23-25,34,38H,3-4,6,12-15,31-32H2,(H2,33,39)(H,35,40)(H,36,41)(H,37,42)(H,43,44). The Morgan fingerprint density at radius 2 is 1.45 bits per heavy atom. The van der Waals surface area contributed by atoms with E-state index in [1.54, 1.807) is 6.20 Å². The predicted molar refractivity (Wildman–Crippen MR) is 162 cm³/mol. The number of aromatic nitrogens is 1. The van der Waals surface area contributed by atoms with Gasteiger partial charge in [-0.2, -0.15) is 0 Å². The maximum absolute atomic E-state index is 13.6. The molecule has 4 amide bonds. The van der Waals surface area contributed by atoms with E-state index in [1.807, 2.05) is 24.3 Å². The minimum absolute atomic E-state index is 0.0142. The number of H-pyrrole nitrogens is 1. The third-order valence-electron chi connectivity index (χ3n) is 7.07. The van der Waals surface area contributed by atoms with Crippen molar-refractivity contribution < 1.29 is 34.2 Å². The first-order valence-electron chi connectivity index (χ1n) is 14.2. The number of benzene rings is 2. The zero-order valence-electron chi connectivity index (χ0n) is 24.1. The number of phenols is 1. The molecule has 12 N–H and O–H groups in total. The summed E-state index contributed by atoms with van der Waals surface area (Å²) in [6.07, 6.45) is 2.58. The number of aliphatic carboxylic acids is 1. The second-order valence-corrected chi connectivity index (χ2v) is 10.5. The Hall–Kier alpha value is -4.95. The number of aromatic amines is 1. The van der Waals surface area contributed by atoms with Gasteiger partial charge in [-0.25, -0.2) is 4.79 Å². The van der Waals surface area contributed by atoms with Crippen molar-refractivity contribution in [3.63, 3.8) is 0 Å². The molecule has 2 aromatic carbocycles. The summed E-state index contributed by atoms with van der Waals surface area (Å²) in [4.78, 5) is 66.7. The Morgan fingerprint density at radius 1 is 0.818 bits per heavy atom. The van der Waals surface area contributed by atoms with E-state index in [2.05, 4.69) is 20.9 Å². The van der Waals surface area contributed by atoms with Crippen LogP contribution in [0.15, 0.2) is 54.7 Å². The number of aromatic hydroxyl groups is 1. The first-order valence-corrected chi connectivity index (χ1v) is 14.2. The highest BCUT2D eigenvalue weighted by Gasteiger charge is 2.32. The molecule has 1 heterocycles. The molecule has 1 aromatic heterocycles. The van der Waals surface area contributed by atoms with Gasteiger partial charge < -0.3 is 48.3 Å². The van der Waals surface area contributed by atoms with Crippen LogP contribution in [0.2, 0.25) is 0 Å². The molecule has 236 valence electrons. The fourth-order valence-electron chi connectivity index (χ4n) is 4.67. The molecular formula is C30H39N7O7. The van der Waals surface area contributed by atoms with Gasteiger partial charge in [0.1, 0.15) is 23.9 Å². The summed E-state index contributed by atoms with van der Waals surface area (Å²) in [7, 11) is 0. The number of carbonyl (C=O) groups is 5. The number of para-hydroxylation sites is 1. The van der Waals surface area contributed by atoms with Crippen molar-refractivity contribution in [2.45, 2.75) is 62.7 Å². The van der Waals surface area contributed by atoms with E-state index in [-0.39, 0.29) is 18.6 Å². The Balaban J connectivity index is 1.81. The van der Waals surface area contributed by atoms with Crippen LogP contribution in [0.4, 0.5) is 0 Å². The predicted octanol–water partition coefficient (Wildman–Crippen LogP) is -0.471. The number of carboxylic acids is 1. The SMILES string of the molecule is NCCCCC(N)C(=O)NC(Cc1c[nH]c2ccccc12)C(=O)NC(CC(N)=O)C(=O)NC(Cc1ccc(O)cc1)C(=O)O. The minimum Gasteiger partial charge on any atom is -0.508 e. The van der Waals surface area contributed by atoms with Gasteiger partial charge in [0.25, 0.3) is 0 Å². The van der Waals surface area contributed by atoms with Crippen molar-refractivity contribution in [3.8, 4) is 5.75 Å². The van der Waals surface area contributed by atoms with Crippen molar-refractivity contribution in [2.75, 3.05) is 6.54 Å². The number of nitrogens with two attached hydrogens (primary N) is 3. The summed E-state index contributed by atoms with van der Waals surface area (Å²) in [6, 6.07) is 8.02. The van der Waals surface area contributed by atoms with Crippen LogP contribution < -0.4 is 33.2 Å². The Bertz CT molecular complexity index is 1460. The van der Waals surface area contributed by atoms with Gasteiger partial charge in [0.15, 0.2) is 0 Å². The molecule has 0 fully saturated rings. The molecule has 0 saturated heterocycles. The van der Waals surface area contributed by atoms with Gasteiger partial charge in [-0.1, -0.05) is 36.8 Å². The van der Waals surface area contributed by atoms with Gasteiger partial charge in [0.05, 0.1) is 12.5 Å². The fourth-order valence-corrected chi connectivity index (χ4v) is 4.67. The highest BCUT2D eigenvalue weighted by Crippen LogP contribution is 2.19. The Labute approximate surface area is 253 Å². The summed E-state index contributed by atoms with van der Waals surface area (Å²) < 4.78 is 0. The zero-order chi connectivity index (χ0) is 32.2. The third-order valence-corrected chi connectivity index (χ3v) is 7.07. The van der Waals surface area contributed by atoms with Gasteiger partial charge in [-0.15, -0.1) is 0 Å². The number of nitrogens with one attached hydrogen (secondary N) is 4. The van der Waals surface area contributed by atoms with Crippen LogP contribution in [0.25, 0.3) is 10.9 Å². The first-order chi connectivity index (χ1) is 21.0. The molecule has 0 spiro atoms. The Kier molecular flexibility index (Phi) is 12.2. The van der Waals surface area contributed by atoms with E-state index in [4.69, 9.17) is 17.2 Å². The summed E-state index contributed by atoms with van der Waals surface area (Å²) >= 11 is 0. The summed E-state index contributed by atoms with van der Waals surface area (Å²) in [6.45, 7) is 0.445. The van der Waals surface area contributed by atoms with Crippen LogP contribution in [-0.4, -0.2) is 75.5 Å². The van der Waals surface area contributed by atoms with Crippen molar-refractivity contribution in [1.29, 1.82) is 0 Å². The van der Waals surface area contributed by atoms with Crippen LogP contribution in [0, 0.1) is 0 Å². The average Bonchev–Trinajstić information content (AvgIpc) is 3.39. The highest BCUT2D eigenvalue weighted by molar-refractivity contribution is 5.96. The van der Waals surface area contributed by atoms with Crippen LogP contribution >= 0.6 is 0 Å². The van der Waals surface area contributed by atoms with Gasteiger partial charge in [0, 0.05) is 29.9 Å². The molecule has 0 aliphatic carbocycles. The van der Waals surface area contributed by atoms with Gasteiger partial charge in [0.2, 0.25) is 23.6 Å². The number of carboxylic acid groups (broad SMARTS) is 1. The summed E-state index contributed by atoms with van der Waals surface area (Å²) in [5.41, 5.74) is 19.0. The van der Waals surface area contributed by atoms with Gasteiger partial charge in [-0.3, -0.25) is 19.2 Å². The van der Waals surface area contributed by atoms with Crippen molar-refractivity contribution in [3.05, 3.63) is 65.9 Å². The monoisotopic (exact) mass is 609 g/mol. The van der Waals surface area contributed by atoms with E-state index >= 15 is 0 Å². The third kappa shape index (κ3) is 9.81. The topological polar surface area (TPSA) is 256 Å². The number of unbranched alkanes of at least 4 members (excludes halogenated alkanes) is 1.